The maximum absolute atomic E-state index is 9.75. The molecular formula is C17H24O. The van der Waals surface area contributed by atoms with Gasteiger partial charge in [-0.15, -0.1) is 6.58 Å². The van der Waals surface area contributed by atoms with Crippen molar-refractivity contribution >= 4 is 0 Å². The molecule has 98 valence electrons. The van der Waals surface area contributed by atoms with E-state index in [1.807, 2.05) is 13.0 Å². The van der Waals surface area contributed by atoms with E-state index in [9.17, 15) is 5.11 Å². The van der Waals surface area contributed by atoms with Crippen molar-refractivity contribution in [1.29, 1.82) is 0 Å². The summed E-state index contributed by atoms with van der Waals surface area (Å²) in [7, 11) is 0. The quantitative estimate of drug-likeness (QED) is 0.778. The van der Waals surface area contributed by atoms with Gasteiger partial charge in [-0.05, 0) is 54.2 Å². The van der Waals surface area contributed by atoms with Gasteiger partial charge in [-0.2, -0.15) is 0 Å². The molecule has 0 amide bonds. The van der Waals surface area contributed by atoms with Crippen molar-refractivity contribution < 1.29 is 5.11 Å². The summed E-state index contributed by atoms with van der Waals surface area (Å²) in [5.41, 5.74) is 4.12. The lowest BCUT2D eigenvalue weighted by molar-refractivity contribution is 0.199. The highest BCUT2D eigenvalue weighted by Gasteiger charge is 2.32. The molecule has 0 fully saturated rings. The van der Waals surface area contributed by atoms with Gasteiger partial charge >= 0.3 is 0 Å². The maximum Gasteiger partial charge on any atom is 0.0762 e. The number of hydrogen-bond donors (Lipinski definition) is 1. The van der Waals surface area contributed by atoms with Crippen molar-refractivity contribution in [3.8, 4) is 0 Å². The van der Waals surface area contributed by atoms with Crippen molar-refractivity contribution in [3.05, 3.63) is 47.5 Å². The van der Waals surface area contributed by atoms with Crippen LogP contribution in [-0.2, 0) is 5.41 Å². The lowest BCUT2D eigenvalue weighted by Crippen LogP contribution is -2.26. The Labute approximate surface area is 111 Å². The van der Waals surface area contributed by atoms with Crippen LogP contribution >= 0.6 is 0 Å². The highest BCUT2D eigenvalue weighted by Crippen LogP contribution is 2.44. The third-order valence-electron chi connectivity index (χ3n) is 4.30. The van der Waals surface area contributed by atoms with Crippen LogP contribution < -0.4 is 0 Å². The SMILES string of the molecule is C=CC[C@@H]1CCC(C)(C)c2cc([C@@H](C)O)ccc21. The third-order valence-corrected chi connectivity index (χ3v) is 4.30. The van der Waals surface area contributed by atoms with Crippen LogP contribution in [0.25, 0.3) is 0 Å². The van der Waals surface area contributed by atoms with Gasteiger partial charge in [-0.3, -0.25) is 0 Å². The summed E-state index contributed by atoms with van der Waals surface area (Å²) in [5, 5.41) is 9.75. The van der Waals surface area contributed by atoms with Crippen LogP contribution in [0.1, 0.15) is 68.7 Å². The van der Waals surface area contributed by atoms with Gasteiger partial charge in [0.15, 0.2) is 0 Å². The Morgan fingerprint density at radius 1 is 1.50 bits per heavy atom. The Morgan fingerprint density at radius 3 is 2.83 bits per heavy atom. The number of aliphatic hydroxyl groups is 1. The Balaban J connectivity index is 2.48. The Bertz CT molecular complexity index is 443. The van der Waals surface area contributed by atoms with E-state index >= 15 is 0 Å². The van der Waals surface area contributed by atoms with Crippen LogP contribution in [0.3, 0.4) is 0 Å². The van der Waals surface area contributed by atoms with Crippen molar-refractivity contribution in [2.24, 2.45) is 0 Å². The lowest BCUT2D eigenvalue weighted by atomic mass is 9.67. The molecule has 0 saturated carbocycles. The molecule has 0 heterocycles. The van der Waals surface area contributed by atoms with Gasteiger partial charge in [0.2, 0.25) is 0 Å². The van der Waals surface area contributed by atoms with Crippen molar-refractivity contribution in [1.82, 2.24) is 0 Å². The highest BCUT2D eigenvalue weighted by atomic mass is 16.3. The zero-order chi connectivity index (χ0) is 13.3. The standard InChI is InChI=1S/C17H24O/c1-5-6-13-9-10-17(3,4)16-11-14(12(2)18)7-8-15(13)16/h5,7-8,11-13,18H,1,6,9-10H2,2-4H3/t12-,13-/m1/s1. The fourth-order valence-electron chi connectivity index (χ4n) is 3.05. The number of hydrogen-bond acceptors (Lipinski definition) is 1. The molecule has 0 bridgehead atoms. The van der Waals surface area contributed by atoms with Crippen LogP contribution in [0.5, 0.6) is 0 Å². The first-order valence-corrected chi connectivity index (χ1v) is 6.89. The minimum Gasteiger partial charge on any atom is -0.389 e. The van der Waals surface area contributed by atoms with E-state index in [4.69, 9.17) is 0 Å². The summed E-state index contributed by atoms with van der Waals surface area (Å²) in [4.78, 5) is 0. The fourth-order valence-corrected chi connectivity index (χ4v) is 3.05. The number of benzene rings is 1. The number of rotatable bonds is 3. The van der Waals surface area contributed by atoms with Crippen LogP contribution in [0.4, 0.5) is 0 Å². The van der Waals surface area contributed by atoms with Crippen molar-refractivity contribution in [3.63, 3.8) is 0 Å². The zero-order valence-electron chi connectivity index (χ0n) is 11.7. The molecule has 0 aliphatic heterocycles. The van der Waals surface area contributed by atoms with Crippen LogP contribution in [0.15, 0.2) is 30.9 Å². The molecular weight excluding hydrogens is 220 g/mol. The summed E-state index contributed by atoms with van der Waals surface area (Å²) >= 11 is 0. The molecule has 0 aromatic heterocycles. The smallest absolute Gasteiger partial charge is 0.0762 e. The highest BCUT2D eigenvalue weighted by molar-refractivity contribution is 5.42. The Hall–Kier alpha value is -1.08. The molecule has 1 heteroatoms. The van der Waals surface area contributed by atoms with E-state index in [1.54, 1.807) is 0 Å². The average Bonchev–Trinajstić information content (AvgIpc) is 2.33. The van der Waals surface area contributed by atoms with Gasteiger partial charge in [0.25, 0.3) is 0 Å². The molecule has 1 N–H and O–H groups in total. The van der Waals surface area contributed by atoms with Gasteiger partial charge in [0.05, 0.1) is 6.10 Å². The summed E-state index contributed by atoms with van der Waals surface area (Å²) in [5.74, 6) is 0.605. The zero-order valence-corrected chi connectivity index (χ0v) is 11.7. The van der Waals surface area contributed by atoms with Gasteiger partial charge in [-0.1, -0.05) is 38.1 Å². The largest absolute Gasteiger partial charge is 0.389 e. The molecule has 2 rings (SSSR count). The average molecular weight is 244 g/mol. The second kappa shape index (κ2) is 4.89. The van der Waals surface area contributed by atoms with Gasteiger partial charge in [-0.25, -0.2) is 0 Å². The van der Waals surface area contributed by atoms with E-state index < -0.39 is 0 Å². The first-order valence-electron chi connectivity index (χ1n) is 6.89. The summed E-state index contributed by atoms with van der Waals surface area (Å²) in [6.45, 7) is 10.3. The van der Waals surface area contributed by atoms with Crippen LogP contribution in [-0.4, -0.2) is 5.11 Å². The van der Waals surface area contributed by atoms with E-state index in [1.165, 1.54) is 24.0 Å². The molecule has 1 aliphatic carbocycles. The lowest BCUT2D eigenvalue weighted by Gasteiger charge is -2.37. The normalized spacial score (nSPS) is 23.2. The predicted molar refractivity (Wildman–Crippen MR) is 76.9 cm³/mol. The van der Waals surface area contributed by atoms with Crippen LogP contribution in [0, 0.1) is 0 Å². The second-order valence-electron chi connectivity index (χ2n) is 6.17. The minimum absolute atomic E-state index is 0.220. The molecule has 1 aliphatic rings. The van der Waals surface area contributed by atoms with Gasteiger partial charge < -0.3 is 5.11 Å². The molecule has 1 aromatic carbocycles. The predicted octanol–water partition coefficient (Wildman–Crippen LogP) is 4.47. The van der Waals surface area contributed by atoms with E-state index in [-0.39, 0.29) is 11.5 Å². The monoisotopic (exact) mass is 244 g/mol. The third kappa shape index (κ3) is 2.37. The maximum atomic E-state index is 9.75. The van der Waals surface area contributed by atoms with Crippen LogP contribution in [0.2, 0.25) is 0 Å². The molecule has 0 unspecified atom stereocenters. The minimum atomic E-state index is -0.383. The number of allylic oxidation sites excluding steroid dienone is 1. The fraction of sp³-hybridized carbons (Fsp3) is 0.529. The molecule has 1 aromatic rings. The summed E-state index contributed by atoms with van der Waals surface area (Å²) < 4.78 is 0. The van der Waals surface area contributed by atoms with E-state index in [0.717, 1.165) is 12.0 Å². The van der Waals surface area contributed by atoms with Gasteiger partial charge in [0.1, 0.15) is 0 Å². The molecule has 18 heavy (non-hydrogen) atoms. The number of aliphatic hydroxyl groups excluding tert-OH is 1. The molecule has 0 spiro atoms. The van der Waals surface area contributed by atoms with Crippen molar-refractivity contribution in [2.75, 3.05) is 0 Å². The molecule has 0 saturated heterocycles. The summed E-state index contributed by atoms with van der Waals surface area (Å²) in [6, 6.07) is 6.49. The Kier molecular flexibility index (Phi) is 3.63. The first-order chi connectivity index (χ1) is 8.45. The van der Waals surface area contributed by atoms with E-state index in [2.05, 4.69) is 38.6 Å². The van der Waals surface area contributed by atoms with Crippen molar-refractivity contribution in [2.45, 2.75) is 57.5 Å². The molecule has 2 atom stereocenters. The second-order valence-corrected chi connectivity index (χ2v) is 6.17. The molecule has 1 nitrogen and oxygen atoms in total. The topological polar surface area (TPSA) is 20.2 Å². The Morgan fingerprint density at radius 2 is 2.22 bits per heavy atom. The molecule has 0 radical (unpaired) electrons. The van der Waals surface area contributed by atoms with Gasteiger partial charge in [0, 0.05) is 0 Å². The number of fused-ring (bicyclic) bond motifs is 1. The summed E-state index contributed by atoms with van der Waals surface area (Å²) in [6.07, 6.45) is 5.14. The van der Waals surface area contributed by atoms with E-state index in [0.29, 0.717) is 5.92 Å². The first kappa shape index (κ1) is 13.4.